The van der Waals surface area contributed by atoms with Gasteiger partial charge in [-0.3, -0.25) is 9.59 Å². The Labute approximate surface area is 144 Å². The van der Waals surface area contributed by atoms with E-state index in [4.69, 9.17) is 0 Å². The summed E-state index contributed by atoms with van der Waals surface area (Å²) in [4.78, 5) is 30.7. The van der Waals surface area contributed by atoms with Crippen molar-refractivity contribution in [2.75, 3.05) is 13.1 Å². The third kappa shape index (κ3) is 3.62. The number of Topliss-reactive ketones (excluding diaryl/α,β-unsaturated/α-hetero) is 1. The first kappa shape index (κ1) is 16.6. The molecule has 5 nitrogen and oxygen atoms in total. The Morgan fingerprint density at radius 3 is 2.75 bits per heavy atom. The number of nitriles is 1. The summed E-state index contributed by atoms with van der Waals surface area (Å²) in [6.07, 6.45) is 3.46. The van der Waals surface area contributed by atoms with Crippen LogP contribution in [0.4, 0.5) is 0 Å². The fraction of sp³-hybridized carbons (Fsp3) is 0.444. The van der Waals surface area contributed by atoms with Gasteiger partial charge in [-0.15, -0.1) is 11.3 Å². The van der Waals surface area contributed by atoms with E-state index in [0.717, 1.165) is 28.1 Å². The molecule has 1 saturated heterocycles. The summed E-state index contributed by atoms with van der Waals surface area (Å²) in [6.45, 7) is 1.33. The zero-order chi connectivity index (χ0) is 16.9. The minimum atomic E-state index is -1.14. The van der Waals surface area contributed by atoms with E-state index in [1.165, 1.54) is 0 Å². The van der Waals surface area contributed by atoms with Crippen LogP contribution in [0.15, 0.2) is 24.3 Å². The first-order valence-electron chi connectivity index (χ1n) is 8.24. The standard InChI is InChI=1S/C18H19N3O2S/c19-12-13(18(23)21-10-3-4-11-21)15(22)7-5-9-17-20-14-6-1-2-8-16(14)24-17/h1-2,6,8,13H,3-5,7,9-11H2/t13-/m1/s1. The zero-order valence-electron chi connectivity index (χ0n) is 13.4. The van der Waals surface area contributed by atoms with Gasteiger partial charge in [-0.2, -0.15) is 5.26 Å². The highest BCUT2D eigenvalue weighted by atomic mass is 32.1. The average Bonchev–Trinajstić information content (AvgIpc) is 3.24. The van der Waals surface area contributed by atoms with Crippen LogP contribution in [0.25, 0.3) is 10.2 Å². The van der Waals surface area contributed by atoms with Crippen LogP contribution in [0.5, 0.6) is 0 Å². The molecule has 0 unspecified atom stereocenters. The molecular formula is C18H19N3O2S. The average molecular weight is 341 g/mol. The number of fused-ring (bicyclic) bond motifs is 1. The molecule has 3 rings (SSSR count). The molecule has 0 aliphatic carbocycles. The quantitative estimate of drug-likeness (QED) is 0.757. The van der Waals surface area contributed by atoms with Crippen LogP contribution in [0, 0.1) is 17.2 Å². The molecule has 0 radical (unpaired) electrons. The Morgan fingerprint density at radius 1 is 1.29 bits per heavy atom. The van der Waals surface area contributed by atoms with Crippen molar-refractivity contribution in [3.8, 4) is 6.07 Å². The number of aryl methyl sites for hydroxylation is 1. The first-order valence-corrected chi connectivity index (χ1v) is 9.06. The predicted molar refractivity (Wildman–Crippen MR) is 92.5 cm³/mol. The molecule has 1 aromatic carbocycles. The number of ketones is 1. The number of carbonyl (C=O) groups is 2. The van der Waals surface area contributed by atoms with E-state index in [1.807, 2.05) is 30.3 Å². The van der Waals surface area contributed by atoms with E-state index in [2.05, 4.69) is 4.98 Å². The Kier molecular flexibility index (Phi) is 5.21. The Balaban J connectivity index is 1.54. The highest BCUT2D eigenvalue weighted by Gasteiger charge is 2.31. The zero-order valence-corrected chi connectivity index (χ0v) is 14.2. The summed E-state index contributed by atoms with van der Waals surface area (Å²) in [7, 11) is 0. The molecule has 1 fully saturated rings. The molecular weight excluding hydrogens is 322 g/mol. The Bertz CT molecular complexity index is 754. The van der Waals surface area contributed by atoms with Crippen molar-refractivity contribution in [3.63, 3.8) is 0 Å². The van der Waals surface area contributed by atoms with Crippen LogP contribution in [0.2, 0.25) is 0 Å². The third-order valence-electron chi connectivity index (χ3n) is 4.27. The second-order valence-electron chi connectivity index (χ2n) is 5.99. The summed E-state index contributed by atoms with van der Waals surface area (Å²) in [5, 5.41) is 10.2. The highest BCUT2D eigenvalue weighted by molar-refractivity contribution is 7.18. The molecule has 2 aromatic rings. The molecule has 6 heteroatoms. The number of benzene rings is 1. The van der Waals surface area contributed by atoms with Gasteiger partial charge in [-0.25, -0.2) is 4.98 Å². The van der Waals surface area contributed by atoms with Crippen molar-refractivity contribution in [1.82, 2.24) is 9.88 Å². The van der Waals surface area contributed by atoms with Crippen LogP contribution in [0.3, 0.4) is 0 Å². The van der Waals surface area contributed by atoms with Crippen molar-refractivity contribution in [3.05, 3.63) is 29.3 Å². The molecule has 1 amide bonds. The summed E-state index contributed by atoms with van der Waals surface area (Å²) in [5.74, 6) is -1.73. The normalized spacial score (nSPS) is 15.4. The van der Waals surface area contributed by atoms with Crippen molar-refractivity contribution >= 4 is 33.2 Å². The van der Waals surface area contributed by atoms with Crippen LogP contribution in [0.1, 0.15) is 30.7 Å². The van der Waals surface area contributed by atoms with Crippen molar-refractivity contribution in [1.29, 1.82) is 5.26 Å². The second kappa shape index (κ2) is 7.54. The highest BCUT2D eigenvalue weighted by Crippen LogP contribution is 2.23. The number of hydrogen-bond donors (Lipinski definition) is 0. The van der Waals surface area contributed by atoms with Gasteiger partial charge >= 0.3 is 0 Å². The molecule has 124 valence electrons. The lowest BCUT2D eigenvalue weighted by atomic mass is 9.99. The lowest BCUT2D eigenvalue weighted by molar-refractivity contribution is -0.138. The molecule has 0 N–H and O–H groups in total. The van der Waals surface area contributed by atoms with E-state index < -0.39 is 5.92 Å². The topological polar surface area (TPSA) is 74.1 Å². The fourth-order valence-electron chi connectivity index (χ4n) is 2.97. The van der Waals surface area contributed by atoms with E-state index in [-0.39, 0.29) is 18.1 Å². The van der Waals surface area contributed by atoms with Gasteiger partial charge in [-0.1, -0.05) is 12.1 Å². The maximum atomic E-state index is 12.2. The molecule has 0 spiro atoms. The monoisotopic (exact) mass is 341 g/mol. The molecule has 1 aliphatic heterocycles. The fourth-order valence-corrected chi connectivity index (χ4v) is 3.98. The van der Waals surface area contributed by atoms with E-state index in [0.29, 0.717) is 25.9 Å². The smallest absolute Gasteiger partial charge is 0.247 e. The third-order valence-corrected chi connectivity index (χ3v) is 5.36. The molecule has 24 heavy (non-hydrogen) atoms. The largest absolute Gasteiger partial charge is 0.341 e. The summed E-state index contributed by atoms with van der Waals surface area (Å²) < 4.78 is 1.14. The van der Waals surface area contributed by atoms with Crippen molar-refractivity contribution in [2.45, 2.75) is 32.1 Å². The van der Waals surface area contributed by atoms with Crippen LogP contribution in [-0.2, 0) is 16.0 Å². The van der Waals surface area contributed by atoms with Gasteiger partial charge in [-0.05, 0) is 37.8 Å². The number of rotatable bonds is 6. The van der Waals surface area contributed by atoms with Gasteiger partial charge in [0.1, 0.15) is 0 Å². The van der Waals surface area contributed by atoms with Crippen molar-refractivity contribution in [2.24, 2.45) is 5.92 Å². The summed E-state index contributed by atoms with van der Waals surface area (Å²) >= 11 is 1.63. The van der Waals surface area contributed by atoms with E-state index >= 15 is 0 Å². The molecule has 2 heterocycles. The van der Waals surface area contributed by atoms with Gasteiger partial charge in [0.2, 0.25) is 5.91 Å². The lowest BCUT2D eigenvalue weighted by Gasteiger charge is -2.17. The summed E-state index contributed by atoms with van der Waals surface area (Å²) in [5.41, 5.74) is 0.975. The molecule has 0 saturated carbocycles. The Hall–Kier alpha value is -2.26. The maximum Gasteiger partial charge on any atom is 0.247 e. The van der Waals surface area contributed by atoms with Crippen LogP contribution >= 0.6 is 11.3 Å². The summed E-state index contributed by atoms with van der Waals surface area (Å²) in [6, 6.07) is 9.83. The minimum Gasteiger partial charge on any atom is -0.341 e. The number of carbonyl (C=O) groups excluding carboxylic acids is 2. The number of para-hydroxylation sites is 1. The van der Waals surface area contributed by atoms with E-state index in [9.17, 15) is 14.9 Å². The van der Waals surface area contributed by atoms with Crippen LogP contribution in [-0.4, -0.2) is 34.7 Å². The lowest BCUT2D eigenvalue weighted by Crippen LogP contribution is -2.37. The van der Waals surface area contributed by atoms with Gasteiger partial charge in [0.05, 0.1) is 21.3 Å². The van der Waals surface area contributed by atoms with Crippen LogP contribution < -0.4 is 0 Å². The van der Waals surface area contributed by atoms with Gasteiger partial charge in [0.15, 0.2) is 11.7 Å². The molecule has 0 bridgehead atoms. The molecule has 1 aliphatic rings. The van der Waals surface area contributed by atoms with Gasteiger partial charge < -0.3 is 4.90 Å². The van der Waals surface area contributed by atoms with Gasteiger partial charge in [0.25, 0.3) is 0 Å². The second-order valence-corrected chi connectivity index (χ2v) is 7.10. The number of hydrogen-bond acceptors (Lipinski definition) is 5. The maximum absolute atomic E-state index is 12.2. The molecule has 1 aromatic heterocycles. The van der Waals surface area contributed by atoms with Crippen molar-refractivity contribution < 1.29 is 9.59 Å². The van der Waals surface area contributed by atoms with E-state index in [1.54, 1.807) is 16.2 Å². The minimum absolute atomic E-state index is 0.244. The SMILES string of the molecule is N#C[C@H](C(=O)CCCc1nc2ccccc2s1)C(=O)N1CCCC1. The number of amides is 1. The first-order chi connectivity index (χ1) is 11.7. The number of nitrogens with zero attached hydrogens (tertiary/aromatic N) is 3. The number of thiazole rings is 1. The number of likely N-dealkylation sites (tertiary alicyclic amines) is 1. The number of aromatic nitrogens is 1. The predicted octanol–water partition coefficient (Wildman–Crippen LogP) is 2.95. The Morgan fingerprint density at radius 2 is 2.04 bits per heavy atom. The molecule has 1 atom stereocenters. The van der Waals surface area contributed by atoms with Gasteiger partial charge in [0, 0.05) is 19.5 Å².